The highest BCUT2D eigenvalue weighted by Gasteiger charge is 2.06. The molecule has 1 rings (SSSR count). The summed E-state index contributed by atoms with van der Waals surface area (Å²) in [6.07, 6.45) is 5.25. The molecule has 1 amide bonds. The molecule has 0 aliphatic heterocycles. The van der Waals surface area contributed by atoms with Crippen LogP contribution in [0.15, 0.2) is 6.20 Å². The van der Waals surface area contributed by atoms with E-state index in [2.05, 4.69) is 10.4 Å². The van der Waals surface area contributed by atoms with E-state index in [-0.39, 0.29) is 5.91 Å². The molecular weight excluding hydrogens is 204 g/mol. The van der Waals surface area contributed by atoms with Gasteiger partial charge in [0, 0.05) is 19.7 Å². The molecule has 5 nitrogen and oxygen atoms in total. The number of hydrogen-bond acceptors (Lipinski definition) is 3. The van der Waals surface area contributed by atoms with E-state index >= 15 is 0 Å². The summed E-state index contributed by atoms with van der Waals surface area (Å²) < 4.78 is 1.69. The standard InChI is InChI=1S/C11H20N4O/c1-9-10(8-15(2)14-9)13-11(16)6-4-3-5-7-12/h8H,3-7,12H2,1-2H3,(H,13,16). The minimum absolute atomic E-state index is 0.0492. The Hall–Kier alpha value is -1.36. The summed E-state index contributed by atoms with van der Waals surface area (Å²) in [6, 6.07) is 0. The lowest BCUT2D eigenvalue weighted by molar-refractivity contribution is -0.116. The predicted molar refractivity (Wildman–Crippen MR) is 64.1 cm³/mol. The van der Waals surface area contributed by atoms with Gasteiger partial charge in [0.15, 0.2) is 0 Å². The smallest absolute Gasteiger partial charge is 0.224 e. The van der Waals surface area contributed by atoms with Crippen LogP contribution in [0.5, 0.6) is 0 Å². The molecule has 0 aliphatic carbocycles. The molecule has 1 aromatic heterocycles. The van der Waals surface area contributed by atoms with Gasteiger partial charge in [0.1, 0.15) is 0 Å². The summed E-state index contributed by atoms with van der Waals surface area (Å²) in [7, 11) is 1.84. The number of rotatable bonds is 6. The zero-order valence-electron chi connectivity index (χ0n) is 9.99. The van der Waals surface area contributed by atoms with Gasteiger partial charge in [-0.3, -0.25) is 9.48 Å². The largest absolute Gasteiger partial charge is 0.330 e. The molecule has 0 spiro atoms. The molecule has 16 heavy (non-hydrogen) atoms. The highest BCUT2D eigenvalue weighted by atomic mass is 16.1. The van der Waals surface area contributed by atoms with Gasteiger partial charge in [0.2, 0.25) is 5.91 Å². The first-order chi connectivity index (χ1) is 7.63. The molecular formula is C11H20N4O. The lowest BCUT2D eigenvalue weighted by Gasteiger charge is -2.02. The van der Waals surface area contributed by atoms with E-state index in [4.69, 9.17) is 5.73 Å². The fraction of sp³-hybridized carbons (Fsp3) is 0.636. The Morgan fingerprint density at radius 3 is 2.81 bits per heavy atom. The van der Waals surface area contributed by atoms with Crippen molar-refractivity contribution in [2.75, 3.05) is 11.9 Å². The molecule has 3 N–H and O–H groups in total. The molecule has 5 heteroatoms. The summed E-state index contributed by atoms with van der Waals surface area (Å²) in [6.45, 7) is 2.58. The molecule has 0 aromatic carbocycles. The van der Waals surface area contributed by atoms with Crippen molar-refractivity contribution in [1.29, 1.82) is 0 Å². The Balaban J connectivity index is 2.31. The number of aryl methyl sites for hydroxylation is 2. The zero-order chi connectivity index (χ0) is 12.0. The SMILES string of the molecule is Cc1nn(C)cc1NC(=O)CCCCCN. The number of amides is 1. The Kier molecular flexibility index (Phi) is 4.98. The third-order valence-electron chi connectivity index (χ3n) is 2.40. The van der Waals surface area contributed by atoms with Crippen LogP contribution in [0, 0.1) is 6.92 Å². The molecule has 1 aromatic rings. The Labute approximate surface area is 96.0 Å². The van der Waals surface area contributed by atoms with Crippen LogP contribution in [-0.4, -0.2) is 22.2 Å². The van der Waals surface area contributed by atoms with Crippen molar-refractivity contribution in [2.45, 2.75) is 32.6 Å². The normalized spacial score (nSPS) is 10.4. The van der Waals surface area contributed by atoms with Crippen molar-refractivity contribution in [3.8, 4) is 0 Å². The molecule has 90 valence electrons. The summed E-state index contributed by atoms with van der Waals surface area (Å²) in [5, 5.41) is 7.01. The van der Waals surface area contributed by atoms with Gasteiger partial charge in [-0.25, -0.2) is 0 Å². The number of carbonyl (C=O) groups excluding carboxylic acids is 1. The quantitative estimate of drug-likeness (QED) is 0.713. The molecule has 0 radical (unpaired) electrons. The lowest BCUT2D eigenvalue weighted by atomic mass is 10.2. The van der Waals surface area contributed by atoms with Crippen molar-refractivity contribution in [3.05, 3.63) is 11.9 Å². The van der Waals surface area contributed by atoms with Gasteiger partial charge in [-0.15, -0.1) is 0 Å². The molecule has 0 saturated carbocycles. The number of hydrogen-bond donors (Lipinski definition) is 2. The second kappa shape index (κ2) is 6.27. The monoisotopic (exact) mass is 224 g/mol. The van der Waals surface area contributed by atoms with Gasteiger partial charge in [-0.2, -0.15) is 5.10 Å². The topological polar surface area (TPSA) is 72.9 Å². The average Bonchev–Trinajstić information content (AvgIpc) is 2.52. The summed E-state index contributed by atoms with van der Waals surface area (Å²) in [5.41, 5.74) is 7.02. The van der Waals surface area contributed by atoms with Crippen LogP contribution in [0.1, 0.15) is 31.4 Å². The van der Waals surface area contributed by atoms with Crippen molar-refractivity contribution >= 4 is 11.6 Å². The molecule has 0 saturated heterocycles. The van der Waals surface area contributed by atoms with Crippen LogP contribution < -0.4 is 11.1 Å². The first-order valence-electron chi connectivity index (χ1n) is 5.63. The Morgan fingerprint density at radius 1 is 1.50 bits per heavy atom. The molecule has 0 unspecified atom stereocenters. The van der Waals surface area contributed by atoms with Crippen LogP contribution in [0.25, 0.3) is 0 Å². The zero-order valence-corrected chi connectivity index (χ0v) is 9.99. The maximum absolute atomic E-state index is 11.6. The predicted octanol–water partition coefficient (Wildman–Crippen LogP) is 1.19. The van der Waals surface area contributed by atoms with Crippen molar-refractivity contribution in [1.82, 2.24) is 9.78 Å². The minimum Gasteiger partial charge on any atom is -0.330 e. The van der Waals surface area contributed by atoms with Gasteiger partial charge in [0.25, 0.3) is 0 Å². The van der Waals surface area contributed by atoms with Gasteiger partial charge in [-0.1, -0.05) is 6.42 Å². The van der Waals surface area contributed by atoms with E-state index < -0.39 is 0 Å². The van der Waals surface area contributed by atoms with Gasteiger partial charge in [-0.05, 0) is 26.3 Å². The number of unbranched alkanes of at least 4 members (excludes halogenated alkanes) is 2. The highest BCUT2D eigenvalue weighted by Crippen LogP contribution is 2.12. The summed E-state index contributed by atoms with van der Waals surface area (Å²) >= 11 is 0. The van der Waals surface area contributed by atoms with Gasteiger partial charge < -0.3 is 11.1 Å². The molecule has 0 fully saturated rings. The van der Waals surface area contributed by atoms with Crippen LogP contribution in [-0.2, 0) is 11.8 Å². The number of nitrogens with two attached hydrogens (primary N) is 1. The maximum atomic E-state index is 11.6. The fourth-order valence-corrected chi connectivity index (χ4v) is 1.54. The van der Waals surface area contributed by atoms with E-state index in [1.807, 2.05) is 20.2 Å². The average molecular weight is 224 g/mol. The first-order valence-corrected chi connectivity index (χ1v) is 5.63. The lowest BCUT2D eigenvalue weighted by Crippen LogP contribution is -2.11. The van der Waals surface area contributed by atoms with Crippen molar-refractivity contribution in [3.63, 3.8) is 0 Å². The third-order valence-corrected chi connectivity index (χ3v) is 2.40. The molecule has 0 aliphatic rings. The van der Waals surface area contributed by atoms with Gasteiger partial charge >= 0.3 is 0 Å². The van der Waals surface area contributed by atoms with E-state index in [9.17, 15) is 4.79 Å². The highest BCUT2D eigenvalue weighted by molar-refractivity contribution is 5.91. The number of nitrogens with zero attached hydrogens (tertiary/aromatic N) is 2. The molecule has 0 atom stereocenters. The van der Waals surface area contributed by atoms with E-state index in [0.29, 0.717) is 13.0 Å². The minimum atomic E-state index is 0.0492. The summed E-state index contributed by atoms with van der Waals surface area (Å²) in [4.78, 5) is 11.6. The van der Waals surface area contributed by atoms with Gasteiger partial charge in [0.05, 0.1) is 11.4 Å². The number of nitrogens with one attached hydrogen (secondary N) is 1. The van der Waals surface area contributed by atoms with E-state index in [0.717, 1.165) is 30.6 Å². The molecule has 1 heterocycles. The van der Waals surface area contributed by atoms with Crippen LogP contribution in [0.3, 0.4) is 0 Å². The van der Waals surface area contributed by atoms with Crippen LogP contribution >= 0.6 is 0 Å². The number of anilines is 1. The Morgan fingerprint density at radius 2 is 2.25 bits per heavy atom. The Bertz CT molecular complexity index is 346. The van der Waals surface area contributed by atoms with E-state index in [1.165, 1.54) is 0 Å². The second-order valence-corrected chi connectivity index (χ2v) is 3.95. The second-order valence-electron chi connectivity index (χ2n) is 3.95. The van der Waals surface area contributed by atoms with Crippen LogP contribution in [0.4, 0.5) is 5.69 Å². The third kappa shape index (κ3) is 4.02. The molecule has 0 bridgehead atoms. The first kappa shape index (κ1) is 12.7. The van der Waals surface area contributed by atoms with E-state index in [1.54, 1.807) is 4.68 Å². The van der Waals surface area contributed by atoms with Crippen molar-refractivity contribution < 1.29 is 4.79 Å². The van der Waals surface area contributed by atoms with Crippen LogP contribution in [0.2, 0.25) is 0 Å². The van der Waals surface area contributed by atoms with Crippen molar-refractivity contribution in [2.24, 2.45) is 12.8 Å². The number of aromatic nitrogens is 2. The number of carbonyl (C=O) groups is 1. The maximum Gasteiger partial charge on any atom is 0.224 e. The summed E-state index contributed by atoms with van der Waals surface area (Å²) in [5.74, 6) is 0.0492. The fourth-order valence-electron chi connectivity index (χ4n) is 1.54.